The highest BCUT2D eigenvalue weighted by Crippen LogP contribution is 2.14. The van der Waals surface area contributed by atoms with Gasteiger partial charge in [-0.1, -0.05) is 12.1 Å². The van der Waals surface area contributed by atoms with Crippen LogP contribution in [0, 0.1) is 0 Å². The molecule has 0 fully saturated rings. The summed E-state index contributed by atoms with van der Waals surface area (Å²) < 4.78 is 7.00. The first kappa shape index (κ1) is 17.2. The number of carbonyl (C=O) groups excluding carboxylic acids is 1. The van der Waals surface area contributed by atoms with Gasteiger partial charge in [0.25, 0.3) is 5.91 Å². The van der Waals surface area contributed by atoms with E-state index in [4.69, 9.17) is 4.74 Å². The zero-order valence-electron chi connectivity index (χ0n) is 14.3. The third-order valence-corrected chi connectivity index (χ3v) is 3.64. The Bertz CT molecular complexity index is 856. The Hall–Kier alpha value is -3.61. The number of rotatable bonds is 7. The molecule has 0 atom stereocenters. The molecule has 7 heteroatoms. The van der Waals surface area contributed by atoms with Gasteiger partial charge >= 0.3 is 0 Å². The van der Waals surface area contributed by atoms with Crippen molar-refractivity contribution in [2.45, 2.75) is 0 Å². The van der Waals surface area contributed by atoms with Crippen molar-refractivity contribution in [1.82, 2.24) is 15.0 Å². The molecule has 0 saturated carbocycles. The van der Waals surface area contributed by atoms with E-state index in [0.29, 0.717) is 0 Å². The first-order chi connectivity index (χ1) is 12.7. The minimum absolute atomic E-state index is 0.128. The average Bonchev–Trinajstić information content (AvgIpc) is 3.22. The molecule has 2 N–H and O–H groups in total. The maximum absolute atomic E-state index is 11.8. The van der Waals surface area contributed by atoms with E-state index in [1.165, 1.54) is 0 Å². The number of benzene rings is 2. The van der Waals surface area contributed by atoms with Gasteiger partial charge in [-0.25, -0.2) is 10.4 Å². The maximum Gasteiger partial charge on any atom is 0.259 e. The number of carbonyl (C=O) groups is 1. The highest BCUT2D eigenvalue weighted by molar-refractivity contribution is 5.84. The Morgan fingerprint density at radius 2 is 1.96 bits per heavy atom. The van der Waals surface area contributed by atoms with Crippen LogP contribution >= 0.6 is 0 Å². The number of hydrogen-bond acceptors (Lipinski definition) is 5. The first-order valence-corrected chi connectivity index (χ1v) is 8.03. The predicted molar refractivity (Wildman–Crippen MR) is 101 cm³/mol. The second-order valence-corrected chi connectivity index (χ2v) is 5.44. The minimum Gasteiger partial charge on any atom is -0.497 e. The fourth-order valence-electron chi connectivity index (χ4n) is 2.25. The van der Waals surface area contributed by atoms with Gasteiger partial charge in [0.1, 0.15) is 5.75 Å². The van der Waals surface area contributed by atoms with E-state index in [2.05, 4.69) is 20.8 Å². The SMILES string of the molecule is COc1ccc(NCC(=O)N/N=C/c2ccc(-n3ccnc3)cc2)cc1. The summed E-state index contributed by atoms with van der Waals surface area (Å²) in [6.45, 7) is 0.128. The normalized spacial score (nSPS) is 10.7. The molecule has 0 aliphatic rings. The van der Waals surface area contributed by atoms with Gasteiger partial charge in [0, 0.05) is 23.8 Å². The van der Waals surface area contributed by atoms with Crippen molar-refractivity contribution in [3.05, 3.63) is 72.8 Å². The van der Waals surface area contributed by atoms with Crippen molar-refractivity contribution in [2.24, 2.45) is 5.10 Å². The molecular weight excluding hydrogens is 330 g/mol. The largest absolute Gasteiger partial charge is 0.497 e. The van der Waals surface area contributed by atoms with Crippen LogP contribution in [-0.2, 0) is 4.79 Å². The summed E-state index contributed by atoms with van der Waals surface area (Å²) in [5, 5.41) is 6.99. The Morgan fingerprint density at radius 3 is 2.62 bits per heavy atom. The number of nitrogens with one attached hydrogen (secondary N) is 2. The lowest BCUT2D eigenvalue weighted by Gasteiger charge is -2.06. The van der Waals surface area contributed by atoms with Gasteiger partial charge in [-0.15, -0.1) is 0 Å². The topological polar surface area (TPSA) is 80.5 Å². The van der Waals surface area contributed by atoms with Crippen LogP contribution in [0.25, 0.3) is 5.69 Å². The minimum atomic E-state index is -0.230. The van der Waals surface area contributed by atoms with E-state index in [9.17, 15) is 4.79 Å². The van der Waals surface area contributed by atoms with E-state index in [1.807, 2.05) is 59.3 Å². The maximum atomic E-state index is 11.8. The number of hydrazone groups is 1. The van der Waals surface area contributed by atoms with Crippen molar-refractivity contribution in [1.29, 1.82) is 0 Å². The lowest BCUT2D eigenvalue weighted by atomic mass is 10.2. The molecule has 0 spiro atoms. The highest BCUT2D eigenvalue weighted by Gasteiger charge is 2.00. The Labute approximate surface area is 151 Å². The standard InChI is InChI=1S/C19H19N5O2/c1-26-18-8-4-16(5-9-18)21-13-19(25)23-22-12-15-2-6-17(7-3-15)24-11-10-20-14-24/h2-12,14,21H,13H2,1H3,(H,23,25)/b22-12+. The number of aromatic nitrogens is 2. The molecule has 3 rings (SSSR count). The molecule has 1 amide bonds. The summed E-state index contributed by atoms with van der Waals surface area (Å²) in [4.78, 5) is 15.8. The van der Waals surface area contributed by atoms with Gasteiger partial charge in [0.15, 0.2) is 0 Å². The van der Waals surface area contributed by atoms with Crippen molar-refractivity contribution in [3.63, 3.8) is 0 Å². The number of hydrogen-bond donors (Lipinski definition) is 2. The predicted octanol–water partition coefficient (Wildman–Crippen LogP) is 2.44. The lowest BCUT2D eigenvalue weighted by Crippen LogP contribution is -2.25. The van der Waals surface area contributed by atoms with Gasteiger partial charge in [-0.2, -0.15) is 5.10 Å². The summed E-state index contributed by atoms with van der Waals surface area (Å²) in [6, 6.07) is 15.1. The molecule has 0 bridgehead atoms. The van der Waals surface area contributed by atoms with Crippen LogP contribution < -0.4 is 15.5 Å². The Kier molecular flexibility index (Phi) is 5.61. The molecule has 3 aromatic rings. The van der Waals surface area contributed by atoms with Crippen molar-refractivity contribution in [2.75, 3.05) is 19.0 Å². The number of imidazole rings is 1. The molecule has 132 valence electrons. The van der Waals surface area contributed by atoms with Gasteiger partial charge < -0.3 is 14.6 Å². The van der Waals surface area contributed by atoms with Gasteiger partial charge in [-0.05, 0) is 42.0 Å². The van der Waals surface area contributed by atoms with Gasteiger partial charge in [0.05, 0.1) is 26.2 Å². The van der Waals surface area contributed by atoms with E-state index >= 15 is 0 Å². The number of nitrogens with zero attached hydrogens (tertiary/aromatic N) is 3. The third-order valence-electron chi connectivity index (χ3n) is 3.64. The summed E-state index contributed by atoms with van der Waals surface area (Å²) in [5.41, 5.74) is 5.22. The zero-order chi connectivity index (χ0) is 18.2. The third kappa shape index (κ3) is 4.70. The van der Waals surface area contributed by atoms with Crippen LogP contribution in [0.3, 0.4) is 0 Å². The van der Waals surface area contributed by atoms with E-state index in [-0.39, 0.29) is 12.5 Å². The van der Waals surface area contributed by atoms with E-state index in [0.717, 1.165) is 22.7 Å². The summed E-state index contributed by atoms with van der Waals surface area (Å²) >= 11 is 0. The van der Waals surface area contributed by atoms with Crippen LogP contribution in [0.1, 0.15) is 5.56 Å². The second kappa shape index (κ2) is 8.48. The van der Waals surface area contributed by atoms with Crippen LogP contribution in [0.4, 0.5) is 5.69 Å². The molecular formula is C19H19N5O2. The molecule has 0 radical (unpaired) electrons. The van der Waals surface area contributed by atoms with Gasteiger partial charge in [-0.3, -0.25) is 4.79 Å². The number of anilines is 1. The van der Waals surface area contributed by atoms with E-state index < -0.39 is 0 Å². The molecule has 0 unspecified atom stereocenters. The molecule has 2 aromatic carbocycles. The van der Waals surface area contributed by atoms with E-state index in [1.54, 1.807) is 25.8 Å². The summed E-state index contributed by atoms with van der Waals surface area (Å²) in [5.74, 6) is 0.538. The smallest absolute Gasteiger partial charge is 0.259 e. The monoisotopic (exact) mass is 349 g/mol. The lowest BCUT2D eigenvalue weighted by molar-refractivity contribution is -0.119. The molecule has 0 saturated heterocycles. The molecule has 26 heavy (non-hydrogen) atoms. The fourth-order valence-corrected chi connectivity index (χ4v) is 2.25. The Balaban J connectivity index is 1.46. The number of amides is 1. The number of methoxy groups -OCH3 is 1. The van der Waals surface area contributed by atoms with Gasteiger partial charge in [0.2, 0.25) is 0 Å². The van der Waals surface area contributed by atoms with Crippen LogP contribution in [0.15, 0.2) is 72.4 Å². The van der Waals surface area contributed by atoms with Crippen molar-refractivity contribution in [3.8, 4) is 11.4 Å². The Morgan fingerprint density at radius 1 is 1.19 bits per heavy atom. The zero-order valence-corrected chi connectivity index (χ0v) is 14.3. The summed E-state index contributed by atoms with van der Waals surface area (Å²) in [7, 11) is 1.61. The highest BCUT2D eigenvalue weighted by atomic mass is 16.5. The first-order valence-electron chi connectivity index (χ1n) is 8.03. The van der Waals surface area contributed by atoms with Crippen molar-refractivity contribution < 1.29 is 9.53 Å². The van der Waals surface area contributed by atoms with Crippen molar-refractivity contribution >= 4 is 17.8 Å². The molecule has 0 aliphatic heterocycles. The fraction of sp³-hybridized carbons (Fsp3) is 0.105. The van der Waals surface area contributed by atoms with Crippen LogP contribution in [0.2, 0.25) is 0 Å². The molecule has 0 aliphatic carbocycles. The molecule has 1 heterocycles. The quantitative estimate of drug-likeness (QED) is 0.507. The molecule has 7 nitrogen and oxygen atoms in total. The summed E-state index contributed by atoms with van der Waals surface area (Å²) in [6.07, 6.45) is 6.94. The average molecular weight is 349 g/mol. The number of ether oxygens (including phenoxy) is 1. The van der Waals surface area contributed by atoms with Crippen LogP contribution in [0.5, 0.6) is 5.75 Å². The second-order valence-electron chi connectivity index (χ2n) is 5.44. The van der Waals surface area contributed by atoms with Crippen LogP contribution in [-0.4, -0.2) is 35.3 Å². The molecule has 1 aromatic heterocycles.